The molecular weight excluding hydrogens is 395 g/mol. The van der Waals surface area contributed by atoms with Gasteiger partial charge in [-0.15, -0.1) is 0 Å². The van der Waals surface area contributed by atoms with E-state index in [1.807, 2.05) is 0 Å². The van der Waals surface area contributed by atoms with Crippen LogP contribution in [0.15, 0.2) is 42.5 Å². The number of carbonyl (C=O) groups excluding carboxylic acids is 2. The third kappa shape index (κ3) is 5.97. The number of carbonyl (C=O) groups is 2. The first kappa shape index (κ1) is 21.7. The molecule has 0 saturated carbocycles. The largest absolute Gasteiger partial charge is 0.417 e. The molecule has 2 aromatic carbocycles. The first-order chi connectivity index (χ1) is 13.1. The fraction of sp³-hybridized carbons (Fsp3) is 0.263. The van der Waals surface area contributed by atoms with Gasteiger partial charge in [0, 0.05) is 23.9 Å². The van der Waals surface area contributed by atoms with Crippen molar-refractivity contribution in [3.63, 3.8) is 0 Å². The number of rotatable bonds is 6. The normalized spacial score (nSPS) is 12.4. The molecule has 1 atom stereocenters. The number of alkyl halides is 3. The van der Waals surface area contributed by atoms with Crippen LogP contribution in [0.1, 0.15) is 21.5 Å². The minimum atomic E-state index is -4.60. The molecule has 0 aromatic heterocycles. The van der Waals surface area contributed by atoms with Crippen LogP contribution in [0.5, 0.6) is 0 Å². The molecule has 3 N–H and O–H groups in total. The number of hydrogen-bond donors (Lipinski definition) is 3. The van der Waals surface area contributed by atoms with Gasteiger partial charge in [0.05, 0.1) is 17.6 Å². The molecule has 150 valence electrons. The van der Waals surface area contributed by atoms with Gasteiger partial charge in [0.15, 0.2) is 6.54 Å². The van der Waals surface area contributed by atoms with Crippen LogP contribution in [0, 0.1) is 0 Å². The molecule has 2 aromatic rings. The van der Waals surface area contributed by atoms with Crippen molar-refractivity contribution >= 4 is 29.1 Å². The fourth-order valence-electron chi connectivity index (χ4n) is 2.63. The summed E-state index contributed by atoms with van der Waals surface area (Å²) >= 11 is 5.57. The van der Waals surface area contributed by atoms with Crippen LogP contribution < -0.4 is 15.5 Å². The molecule has 5 nitrogen and oxygen atoms in total. The van der Waals surface area contributed by atoms with E-state index in [1.165, 1.54) is 6.07 Å². The second-order valence-corrected chi connectivity index (χ2v) is 6.73. The molecule has 0 radical (unpaired) electrons. The number of quaternary nitrogens is 1. The predicted molar refractivity (Wildman–Crippen MR) is 100 cm³/mol. The summed E-state index contributed by atoms with van der Waals surface area (Å²) < 4.78 is 38.7. The number of likely N-dealkylation sites (N-methyl/N-ethyl adjacent to an activating group) is 1. The molecule has 0 spiro atoms. The first-order valence-electron chi connectivity index (χ1n) is 8.39. The number of anilines is 1. The predicted octanol–water partition coefficient (Wildman–Crippen LogP) is 2.37. The van der Waals surface area contributed by atoms with E-state index in [-0.39, 0.29) is 18.1 Å². The molecule has 0 aliphatic carbocycles. The Morgan fingerprint density at radius 3 is 2.32 bits per heavy atom. The Morgan fingerprint density at radius 2 is 1.75 bits per heavy atom. The quantitative estimate of drug-likeness (QED) is 0.679. The number of benzene rings is 2. The zero-order chi connectivity index (χ0) is 20.9. The van der Waals surface area contributed by atoms with Gasteiger partial charge in [-0.05, 0) is 30.3 Å². The lowest BCUT2D eigenvalue weighted by atomic mass is 10.1. The molecule has 2 rings (SSSR count). The summed E-state index contributed by atoms with van der Waals surface area (Å²) in [4.78, 5) is 24.5. The van der Waals surface area contributed by atoms with Gasteiger partial charge >= 0.3 is 6.18 Å². The van der Waals surface area contributed by atoms with Crippen LogP contribution in [0.25, 0.3) is 0 Å². The van der Waals surface area contributed by atoms with Gasteiger partial charge in [-0.3, -0.25) is 9.59 Å². The average molecular weight is 415 g/mol. The van der Waals surface area contributed by atoms with E-state index in [9.17, 15) is 22.8 Å². The highest BCUT2D eigenvalue weighted by Gasteiger charge is 2.33. The topological polar surface area (TPSA) is 62.6 Å². The smallest absolute Gasteiger partial charge is 0.355 e. The highest BCUT2D eigenvalue weighted by Crippen LogP contribution is 2.36. The summed E-state index contributed by atoms with van der Waals surface area (Å²) in [6.45, 7) is 0.567. The van der Waals surface area contributed by atoms with E-state index < -0.39 is 22.7 Å². The van der Waals surface area contributed by atoms with Crippen molar-refractivity contribution in [2.24, 2.45) is 0 Å². The van der Waals surface area contributed by atoms with Crippen LogP contribution in [0.3, 0.4) is 0 Å². The third-order valence-corrected chi connectivity index (χ3v) is 4.30. The summed E-state index contributed by atoms with van der Waals surface area (Å²) in [6, 6.07) is 10.2. The van der Waals surface area contributed by atoms with Crippen LogP contribution in [0.4, 0.5) is 18.9 Å². The molecule has 9 heteroatoms. The second kappa shape index (κ2) is 9.07. The van der Waals surface area contributed by atoms with E-state index in [2.05, 4.69) is 10.6 Å². The van der Waals surface area contributed by atoms with Gasteiger partial charge < -0.3 is 15.5 Å². The lowest BCUT2D eigenvalue weighted by molar-refractivity contribution is -0.885. The van der Waals surface area contributed by atoms with Crippen molar-refractivity contribution in [1.82, 2.24) is 5.32 Å². The van der Waals surface area contributed by atoms with Crippen molar-refractivity contribution in [2.45, 2.75) is 12.7 Å². The van der Waals surface area contributed by atoms with Crippen molar-refractivity contribution in [2.75, 3.05) is 26.0 Å². The van der Waals surface area contributed by atoms with Gasteiger partial charge in [-0.25, -0.2) is 0 Å². The highest BCUT2D eigenvalue weighted by molar-refractivity contribution is 6.31. The van der Waals surface area contributed by atoms with Crippen molar-refractivity contribution in [3.05, 3.63) is 64.2 Å². The Balaban J connectivity index is 1.95. The molecule has 0 saturated heterocycles. The van der Waals surface area contributed by atoms with Gasteiger partial charge in [0.1, 0.15) is 6.54 Å². The van der Waals surface area contributed by atoms with Crippen LogP contribution >= 0.6 is 11.6 Å². The molecule has 28 heavy (non-hydrogen) atoms. The van der Waals surface area contributed by atoms with Crippen LogP contribution in [-0.4, -0.2) is 32.5 Å². The molecule has 0 bridgehead atoms. The van der Waals surface area contributed by atoms with E-state index in [1.54, 1.807) is 38.4 Å². The number of halogens is 4. The zero-order valence-electron chi connectivity index (χ0n) is 15.3. The number of hydrogen-bond acceptors (Lipinski definition) is 2. The van der Waals surface area contributed by atoms with Gasteiger partial charge in [0.2, 0.25) is 0 Å². The zero-order valence-corrected chi connectivity index (χ0v) is 16.0. The third-order valence-electron chi connectivity index (χ3n) is 3.97. The lowest BCUT2D eigenvalue weighted by Gasteiger charge is -2.15. The maximum Gasteiger partial charge on any atom is 0.417 e. The summed E-state index contributed by atoms with van der Waals surface area (Å²) in [5.74, 6) is -0.609. The Labute approximate surface area is 165 Å². The van der Waals surface area contributed by atoms with Gasteiger partial charge in [-0.2, -0.15) is 13.2 Å². The van der Waals surface area contributed by atoms with E-state index in [4.69, 9.17) is 11.6 Å². The maximum atomic E-state index is 12.9. The molecule has 1 unspecified atom stereocenters. The Kier molecular flexibility index (Phi) is 7.04. The van der Waals surface area contributed by atoms with Crippen molar-refractivity contribution < 1.29 is 27.7 Å². The minimum Gasteiger partial charge on any atom is -0.355 e. The van der Waals surface area contributed by atoms with E-state index in [0.29, 0.717) is 12.1 Å². The molecule has 0 fully saturated rings. The monoisotopic (exact) mass is 414 g/mol. The minimum absolute atomic E-state index is 0.0319. The molecule has 0 aliphatic heterocycles. The van der Waals surface area contributed by atoms with Crippen LogP contribution in [0.2, 0.25) is 5.02 Å². The van der Waals surface area contributed by atoms with Gasteiger partial charge in [0.25, 0.3) is 11.8 Å². The average Bonchev–Trinajstić information content (AvgIpc) is 2.62. The molecule has 2 amide bonds. The van der Waals surface area contributed by atoms with Crippen molar-refractivity contribution in [1.29, 1.82) is 0 Å². The Bertz CT molecular complexity index is 854. The molecule has 0 aliphatic rings. The number of nitrogens with one attached hydrogen (secondary N) is 3. The van der Waals surface area contributed by atoms with E-state index in [0.717, 1.165) is 22.6 Å². The maximum absolute atomic E-state index is 12.9. The Morgan fingerprint density at radius 1 is 1.11 bits per heavy atom. The molecule has 0 heterocycles. The van der Waals surface area contributed by atoms with E-state index >= 15 is 0 Å². The second-order valence-electron chi connectivity index (χ2n) is 6.33. The number of amides is 2. The lowest BCUT2D eigenvalue weighted by Crippen LogP contribution is -3.08. The Hall–Kier alpha value is -2.58. The summed E-state index contributed by atoms with van der Waals surface area (Å²) in [7, 11) is 3.33. The summed E-state index contributed by atoms with van der Waals surface area (Å²) in [5.41, 5.74) is 0.488. The highest BCUT2D eigenvalue weighted by atomic mass is 35.5. The first-order valence-corrected chi connectivity index (χ1v) is 8.77. The van der Waals surface area contributed by atoms with Crippen LogP contribution in [-0.2, 0) is 17.5 Å². The summed E-state index contributed by atoms with van der Waals surface area (Å²) in [6.07, 6.45) is -4.60. The fourth-order valence-corrected chi connectivity index (χ4v) is 2.85. The van der Waals surface area contributed by atoms with Crippen molar-refractivity contribution in [3.8, 4) is 0 Å². The molecular formula is C19H20ClF3N3O2+. The summed E-state index contributed by atoms with van der Waals surface area (Å²) in [5, 5.41) is 4.57. The van der Waals surface area contributed by atoms with Gasteiger partial charge in [-0.1, -0.05) is 23.7 Å². The standard InChI is InChI=1S/C19H19ClF3N3O2/c1-24-18(28)13-5-3-12(4-6-13)10-26(2)11-17(27)25-14-7-8-16(20)15(9-14)19(21,22)23/h3-9H,10-11H2,1-2H3,(H,24,28)(H,25,27)/p+1. The SMILES string of the molecule is CNC(=O)c1ccc(C[NH+](C)CC(=O)Nc2ccc(Cl)c(C(F)(F)F)c2)cc1.